The number of phenols is 8. The highest BCUT2D eigenvalue weighted by Gasteiger charge is 1.96. The van der Waals surface area contributed by atoms with Gasteiger partial charge in [0.15, 0.2) is 34.5 Å². The third kappa shape index (κ3) is 57.3. The number of nitrogens with one attached hydrogen (secondary N) is 2. The van der Waals surface area contributed by atoms with Crippen LogP contribution in [0.2, 0.25) is 0 Å². The second-order valence-corrected chi connectivity index (χ2v) is 26.0. The summed E-state index contributed by atoms with van der Waals surface area (Å²) in [5, 5.41) is 87.4. The van der Waals surface area contributed by atoms with E-state index in [1.165, 1.54) is 48.8 Å². The molecule has 119 heavy (non-hydrogen) atoms. The van der Waals surface area contributed by atoms with Gasteiger partial charge in [0.2, 0.25) is 0 Å². The van der Waals surface area contributed by atoms with Crippen molar-refractivity contribution in [2.24, 2.45) is 0 Å². The molecule has 12 aromatic carbocycles. The number of aryl methyl sites for hydroxylation is 4. The Kier molecular flexibility index (Phi) is 72.9. The van der Waals surface area contributed by atoms with Crippen LogP contribution < -0.4 is 34.1 Å². The van der Waals surface area contributed by atoms with Crippen LogP contribution in [0.5, 0.6) is 57.5 Å². The van der Waals surface area contributed by atoms with Gasteiger partial charge in [-0.2, -0.15) is 0 Å². The van der Waals surface area contributed by atoms with Crippen LogP contribution in [0.4, 0.5) is 22.7 Å². The molecule has 14 aromatic rings. The number of nitrogens with two attached hydrogens (primary N) is 4. The predicted molar refractivity (Wildman–Crippen MR) is 530 cm³/mol. The molecule has 0 spiro atoms. The van der Waals surface area contributed by atoms with E-state index < -0.39 is 11.1 Å². The van der Waals surface area contributed by atoms with Gasteiger partial charge >= 0.3 is 0 Å². The van der Waals surface area contributed by atoms with Gasteiger partial charge in [0, 0.05) is 74.3 Å². The molecule has 2 aromatic heterocycles. The summed E-state index contributed by atoms with van der Waals surface area (Å²) >= 11 is 32.5. The molecule has 0 unspecified atom stereocenters. The summed E-state index contributed by atoms with van der Waals surface area (Å²) in [5.41, 5.74) is 28.4. The summed E-state index contributed by atoms with van der Waals surface area (Å²) in [5.74, 6) is 0.409. The monoisotopic (exact) mass is 1770 g/mol. The van der Waals surface area contributed by atoms with Crippen LogP contribution in [0.25, 0.3) is 0 Å². The molecule has 0 radical (unpaired) electrons. The Labute approximate surface area is 749 Å². The molecule has 0 saturated heterocycles. The van der Waals surface area contributed by atoms with Gasteiger partial charge in [-0.3, -0.25) is 9.59 Å². The fourth-order valence-electron chi connectivity index (χ4n) is 6.89. The molecule has 0 aliphatic rings. The van der Waals surface area contributed by atoms with E-state index in [1.807, 2.05) is 222 Å². The number of phenolic OH excluding ortho intramolecular Hbond substituents is 8. The van der Waals surface area contributed by atoms with E-state index in [-0.39, 0.29) is 98.0 Å². The molecule has 0 fully saturated rings. The number of H-pyrrole nitrogens is 2. The molecule has 18 nitrogen and oxygen atoms in total. The minimum Gasteiger partial charge on any atom is -0.508 e. The van der Waals surface area contributed by atoms with Gasteiger partial charge < -0.3 is 84.0 Å². The zero-order valence-electron chi connectivity index (χ0n) is 61.4. The lowest BCUT2D eigenvalue weighted by molar-refractivity contribution is 0.404. The SMILES string of the molecule is C.C.C.C.C.C.C.Cc1ccccc1N.Cc1ccccc1N.Cc1ccccc1O.Cc1ccccc1O.Nc1ccccc1S.Nc1ccccc1S.O=c1[nH]cccc1O.O=c1[nH]cccc1O.Oc1ccccc1O.Oc1ccccc1O.Oc1ccccc1S.Oc1ccccc1S.Sc1ccccc1S.Sc1ccccc1S. The standard InChI is InChI=1S/2C7H9N.2C7H8O.2C6H7NS.2C6H6O2.2C6H6OS.2C6H6S2.2C5H5NO2.7CH4/c4*1-6-4-2-3-5-7(6)8;8*7-5-3-1-2-4-6(5)8;2*7-4-2-1-3-6-5(4)8;;;;;;;/h2*2-5H,8H2,1H3;2*2-5,8H,1H3;2*1-4,8H,7H2;6*1-4,7-8H;2*1-3,7H,(H,6,8);7*1H4. The summed E-state index contributed by atoms with van der Waals surface area (Å²) in [6.07, 6.45) is 2.92. The molecular weight excluding hydrogens is 1650 g/mol. The Morgan fingerprint density at radius 1 is 0.193 bits per heavy atom. The Balaban J connectivity index is -0.000000226. The van der Waals surface area contributed by atoms with Crippen molar-refractivity contribution < 1.29 is 51.1 Å². The van der Waals surface area contributed by atoms with Crippen LogP contribution in [-0.4, -0.2) is 61.0 Å². The fraction of sp³-hybridized carbons (Fsp3) is 0.118. The molecule has 0 saturated carbocycles. The topological polar surface area (TPSA) is 372 Å². The van der Waals surface area contributed by atoms with Crippen molar-refractivity contribution >= 4 is 124 Å². The Hall–Kier alpha value is -11.5. The maximum Gasteiger partial charge on any atom is 0.290 e. The van der Waals surface area contributed by atoms with E-state index in [0.717, 1.165) is 74.4 Å². The molecule has 0 aliphatic carbocycles. The summed E-state index contributed by atoms with van der Waals surface area (Å²) in [4.78, 5) is 31.8. The van der Waals surface area contributed by atoms with Crippen LogP contribution in [0, 0.1) is 27.7 Å². The lowest BCUT2D eigenvalue weighted by Crippen LogP contribution is -2.01. The van der Waals surface area contributed by atoms with Gasteiger partial charge in [0.25, 0.3) is 11.1 Å². The number of aromatic hydroxyl groups is 10. The molecule has 26 heteroatoms. The lowest BCUT2D eigenvalue weighted by atomic mass is 10.2. The number of nitrogen functional groups attached to an aromatic ring is 4. The molecule has 0 aliphatic heterocycles. The van der Waals surface area contributed by atoms with Crippen molar-refractivity contribution in [2.75, 3.05) is 22.9 Å². The van der Waals surface area contributed by atoms with Crippen molar-refractivity contribution in [3.63, 3.8) is 0 Å². The van der Waals surface area contributed by atoms with Gasteiger partial charge in [-0.25, -0.2) is 0 Å². The zero-order chi connectivity index (χ0) is 83.8. The maximum atomic E-state index is 10.3. The van der Waals surface area contributed by atoms with E-state index in [4.69, 9.17) is 74.0 Å². The Morgan fingerprint density at radius 2 is 0.361 bits per heavy atom. The van der Waals surface area contributed by atoms with Crippen LogP contribution in [0.1, 0.15) is 74.2 Å². The number of hydrogen-bond donors (Lipinski definition) is 24. The number of rotatable bonds is 0. The average Bonchev–Trinajstić information content (AvgIpc) is 1.17. The van der Waals surface area contributed by atoms with Gasteiger partial charge in [-0.15, -0.1) is 101 Å². The first kappa shape index (κ1) is 121. The molecule has 644 valence electrons. The number of pyridine rings is 2. The van der Waals surface area contributed by atoms with Gasteiger partial charge in [0.05, 0.1) is 0 Å². The minimum absolute atomic E-state index is 0. The van der Waals surface area contributed by atoms with Crippen molar-refractivity contribution in [1.82, 2.24) is 9.97 Å². The molecule has 2 heterocycles. The van der Waals surface area contributed by atoms with Crippen LogP contribution in [-0.2, 0) is 0 Å². The highest BCUT2D eigenvalue weighted by atomic mass is 32.1. The molecule has 0 bridgehead atoms. The second kappa shape index (κ2) is 71.8. The van der Waals surface area contributed by atoms with E-state index in [1.54, 1.807) is 84.9 Å². The third-order valence-corrected chi connectivity index (χ3v) is 16.9. The van der Waals surface area contributed by atoms with Crippen molar-refractivity contribution in [2.45, 2.75) is 119 Å². The summed E-state index contributed by atoms with van der Waals surface area (Å²) in [7, 11) is 0. The molecule has 20 N–H and O–H groups in total. The van der Waals surface area contributed by atoms with Crippen molar-refractivity contribution in [3.8, 4) is 57.5 Å². The number of hydrogen-bond acceptors (Lipinski definition) is 24. The zero-order valence-corrected chi connectivity index (χ0v) is 68.5. The molecule has 0 amide bonds. The number of aromatic nitrogens is 2. The second-order valence-electron chi connectivity index (χ2n) is 22.1. The Morgan fingerprint density at radius 3 is 0.471 bits per heavy atom. The predicted octanol–water partition coefficient (Wildman–Crippen LogP) is 24.4. The van der Waals surface area contributed by atoms with E-state index in [0.29, 0.717) is 21.3 Å². The number of aromatic amines is 2. The van der Waals surface area contributed by atoms with Crippen molar-refractivity contribution in [1.29, 1.82) is 0 Å². The van der Waals surface area contributed by atoms with Gasteiger partial charge in [0.1, 0.15) is 23.0 Å². The number of anilines is 4. The number of benzene rings is 12. The van der Waals surface area contributed by atoms with E-state index in [9.17, 15) is 9.59 Å². The fourth-order valence-corrected chi connectivity index (χ4v) is 8.17. The lowest BCUT2D eigenvalue weighted by Gasteiger charge is -1.93. The van der Waals surface area contributed by atoms with Crippen molar-refractivity contribution in [3.05, 3.63) is 371 Å². The molecular formula is C93H122N6O12S8. The first-order valence-electron chi connectivity index (χ1n) is 33.0. The number of para-hydroxylation sites is 12. The highest BCUT2D eigenvalue weighted by Crippen LogP contribution is 2.24. The van der Waals surface area contributed by atoms with Gasteiger partial charge in [-0.05, 0) is 196 Å². The summed E-state index contributed by atoms with van der Waals surface area (Å²) in [6.45, 7) is 7.73. The third-order valence-electron chi connectivity index (χ3n) is 13.4. The smallest absolute Gasteiger partial charge is 0.290 e. The van der Waals surface area contributed by atoms with Crippen LogP contribution >= 0.6 is 101 Å². The van der Waals surface area contributed by atoms with Crippen LogP contribution in [0.3, 0.4) is 0 Å². The highest BCUT2D eigenvalue weighted by molar-refractivity contribution is 7.84. The van der Waals surface area contributed by atoms with Gasteiger partial charge in [-0.1, -0.05) is 222 Å². The minimum atomic E-state index is -0.451. The quantitative estimate of drug-likeness (QED) is 0.0381. The summed E-state index contributed by atoms with van der Waals surface area (Å²) in [6, 6.07) is 92.3. The number of thiol groups is 8. The average molecular weight is 1770 g/mol. The maximum absolute atomic E-state index is 10.3. The molecule has 14 rings (SSSR count). The normalized spacial score (nSPS) is 8.57. The van der Waals surface area contributed by atoms with E-state index in [2.05, 4.69) is 111 Å². The summed E-state index contributed by atoms with van der Waals surface area (Å²) < 4.78 is 0. The van der Waals surface area contributed by atoms with Crippen LogP contribution in [0.15, 0.2) is 377 Å². The first-order valence-corrected chi connectivity index (χ1v) is 36.6. The van der Waals surface area contributed by atoms with E-state index >= 15 is 0 Å². The Bertz CT molecular complexity index is 3830. The first-order chi connectivity index (χ1) is 53.3. The largest absolute Gasteiger partial charge is 0.508 e. The molecule has 0 atom stereocenters.